The van der Waals surface area contributed by atoms with Gasteiger partial charge in [0, 0.05) is 29.7 Å². The summed E-state index contributed by atoms with van der Waals surface area (Å²) in [5, 5.41) is 0. The molecule has 0 radical (unpaired) electrons. The maximum Gasteiger partial charge on any atom is 0.255 e. The lowest BCUT2D eigenvalue weighted by Gasteiger charge is -2.40. The van der Waals surface area contributed by atoms with Gasteiger partial charge in [-0.15, -0.1) is 0 Å². The topological polar surface area (TPSA) is 23.6 Å². The average Bonchev–Trinajstić information content (AvgIpc) is 2.76. The van der Waals surface area contributed by atoms with E-state index in [1.54, 1.807) is 0 Å². The molecule has 1 amide bonds. The molecule has 0 aliphatic carbocycles. The Kier molecular flexibility index (Phi) is 6.07. The van der Waals surface area contributed by atoms with Crippen molar-refractivity contribution in [1.29, 1.82) is 0 Å². The smallest absolute Gasteiger partial charge is 0.255 e. The number of hydrogen-bond donors (Lipinski definition) is 0. The number of piperazine rings is 1. The maximum absolute atomic E-state index is 12.9. The van der Waals surface area contributed by atoms with Crippen LogP contribution >= 0.6 is 22.6 Å². The van der Waals surface area contributed by atoms with E-state index in [0.29, 0.717) is 0 Å². The molecular formula is C24H23IN2O. The van der Waals surface area contributed by atoms with Gasteiger partial charge in [-0.3, -0.25) is 9.69 Å². The molecule has 3 aromatic rings. The predicted molar refractivity (Wildman–Crippen MR) is 121 cm³/mol. The summed E-state index contributed by atoms with van der Waals surface area (Å²) in [4.78, 5) is 17.4. The Morgan fingerprint density at radius 1 is 0.714 bits per heavy atom. The molecule has 0 saturated carbocycles. The lowest BCUT2D eigenvalue weighted by atomic mass is 9.96. The fraction of sp³-hybridized carbons (Fsp3) is 0.208. The molecule has 1 fully saturated rings. The number of nitrogens with zero attached hydrogens (tertiary/aromatic N) is 2. The minimum Gasteiger partial charge on any atom is -0.336 e. The summed E-state index contributed by atoms with van der Waals surface area (Å²) in [5.74, 6) is 0.139. The summed E-state index contributed by atoms with van der Waals surface area (Å²) in [7, 11) is 0. The fourth-order valence-corrected chi connectivity index (χ4v) is 4.49. The molecule has 0 spiro atoms. The summed E-state index contributed by atoms with van der Waals surface area (Å²) >= 11 is 2.24. The highest BCUT2D eigenvalue weighted by Crippen LogP contribution is 2.29. The number of carbonyl (C=O) groups excluding carboxylic acids is 1. The van der Waals surface area contributed by atoms with E-state index >= 15 is 0 Å². The number of hydrogen-bond acceptors (Lipinski definition) is 2. The van der Waals surface area contributed by atoms with Gasteiger partial charge >= 0.3 is 0 Å². The van der Waals surface area contributed by atoms with Crippen molar-refractivity contribution in [2.24, 2.45) is 0 Å². The van der Waals surface area contributed by atoms with E-state index in [4.69, 9.17) is 0 Å². The Morgan fingerprint density at radius 3 is 1.75 bits per heavy atom. The molecule has 4 rings (SSSR count). The van der Waals surface area contributed by atoms with Gasteiger partial charge in [-0.05, 0) is 45.9 Å². The Hall–Kier alpha value is -2.18. The van der Waals surface area contributed by atoms with Crippen LogP contribution < -0.4 is 0 Å². The van der Waals surface area contributed by atoms with Crippen LogP contribution in [0.3, 0.4) is 0 Å². The third-order valence-corrected chi connectivity index (χ3v) is 6.24. The summed E-state index contributed by atoms with van der Waals surface area (Å²) in [6, 6.07) is 29.3. The van der Waals surface area contributed by atoms with Crippen LogP contribution in [-0.2, 0) is 0 Å². The van der Waals surface area contributed by atoms with Crippen molar-refractivity contribution in [2.45, 2.75) is 6.04 Å². The first-order chi connectivity index (χ1) is 13.7. The zero-order chi connectivity index (χ0) is 19.3. The number of halogens is 1. The van der Waals surface area contributed by atoms with Gasteiger partial charge in [0.05, 0.1) is 11.6 Å². The molecule has 0 atom stereocenters. The lowest BCUT2D eigenvalue weighted by Crippen LogP contribution is -2.50. The molecule has 1 aliphatic rings. The molecule has 0 bridgehead atoms. The van der Waals surface area contributed by atoms with Gasteiger partial charge in [-0.2, -0.15) is 0 Å². The van der Waals surface area contributed by atoms with Crippen LogP contribution in [0.2, 0.25) is 0 Å². The number of rotatable bonds is 4. The number of amides is 1. The second kappa shape index (κ2) is 8.88. The highest BCUT2D eigenvalue weighted by molar-refractivity contribution is 14.1. The van der Waals surface area contributed by atoms with Gasteiger partial charge < -0.3 is 4.90 Å². The molecule has 1 aliphatic heterocycles. The van der Waals surface area contributed by atoms with E-state index in [2.05, 4.69) is 88.2 Å². The maximum atomic E-state index is 12.9. The molecule has 0 N–H and O–H groups in total. The van der Waals surface area contributed by atoms with Gasteiger partial charge in [0.15, 0.2) is 0 Å². The van der Waals surface area contributed by atoms with Crippen molar-refractivity contribution in [3.63, 3.8) is 0 Å². The van der Waals surface area contributed by atoms with Crippen molar-refractivity contribution in [1.82, 2.24) is 9.80 Å². The summed E-state index contributed by atoms with van der Waals surface area (Å²) < 4.78 is 1.01. The zero-order valence-corrected chi connectivity index (χ0v) is 17.8. The van der Waals surface area contributed by atoms with Gasteiger partial charge in [0.1, 0.15) is 0 Å². The van der Waals surface area contributed by atoms with Gasteiger partial charge in [0.25, 0.3) is 5.91 Å². The van der Waals surface area contributed by atoms with Crippen molar-refractivity contribution in [3.05, 3.63) is 105 Å². The first-order valence-corrected chi connectivity index (χ1v) is 10.7. The van der Waals surface area contributed by atoms with Crippen LogP contribution in [0.15, 0.2) is 84.9 Å². The van der Waals surface area contributed by atoms with Gasteiger partial charge in [-0.1, -0.05) is 72.8 Å². The first-order valence-electron chi connectivity index (χ1n) is 9.62. The van der Waals surface area contributed by atoms with Crippen LogP contribution in [0.5, 0.6) is 0 Å². The molecule has 28 heavy (non-hydrogen) atoms. The molecular weight excluding hydrogens is 459 g/mol. The van der Waals surface area contributed by atoms with Crippen molar-refractivity contribution >= 4 is 28.5 Å². The third-order valence-electron chi connectivity index (χ3n) is 5.30. The zero-order valence-electron chi connectivity index (χ0n) is 15.7. The second-order valence-corrected chi connectivity index (χ2v) is 8.19. The number of benzene rings is 3. The predicted octanol–water partition coefficient (Wildman–Crippen LogP) is 4.84. The quantitative estimate of drug-likeness (QED) is 0.497. The molecule has 1 heterocycles. The molecule has 3 nitrogen and oxygen atoms in total. The van der Waals surface area contributed by atoms with E-state index < -0.39 is 0 Å². The lowest BCUT2D eigenvalue weighted by molar-refractivity contribution is 0.0596. The largest absolute Gasteiger partial charge is 0.336 e. The van der Waals surface area contributed by atoms with Crippen molar-refractivity contribution in [3.8, 4) is 0 Å². The third kappa shape index (κ3) is 4.13. The normalized spacial score (nSPS) is 15.0. The Morgan fingerprint density at radius 2 is 1.21 bits per heavy atom. The molecule has 142 valence electrons. The average molecular weight is 482 g/mol. The summed E-state index contributed by atoms with van der Waals surface area (Å²) in [6.07, 6.45) is 0. The van der Waals surface area contributed by atoms with Crippen LogP contribution in [0.25, 0.3) is 0 Å². The first kappa shape index (κ1) is 19.2. The van der Waals surface area contributed by atoms with Gasteiger partial charge in [0.2, 0.25) is 0 Å². The molecule has 1 saturated heterocycles. The van der Waals surface area contributed by atoms with Gasteiger partial charge in [-0.25, -0.2) is 0 Å². The Labute approximate surface area is 180 Å². The van der Waals surface area contributed by atoms with Crippen LogP contribution in [0.1, 0.15) is 27.5 Å². The Balaban J connectivity index is 1.52. The molecule has 0 unspecified atom stereocenters. The summed E-state index contributed by atoms with van der Waals surface area (Å²) in [6.45, 7) is 3.23. The van der Waals surface area contributed by atoms with E-state index in [1.165, 1.54) is 11.1 Å². The Bertz CT molecular complexity index is 882. The SMILES string of the molecule is O=C(c1ccccc1I)N1CCN(C(c2ccccc2)c2ccccc2)CC1. The van der Waals surface area contributed by atoms with Crippen LogP contribution in [0, 0.1) is 3.57 Å². The number of carbonyl (C=O) groups is 1. The van der Waals surface area contributed by atoms with Crippen molar-refractivity contribution in [2.75, 3.05) is 26.2 Å². The standard InChI is InChI=1S/C24H23IN2O/c25-22-14-8-7-13-21(22)24(28)27-17-15-26(16-18-27)23(19-9-3-1-4-10-19)20-11-5-2-6-12-20/h1-14,23H,15-18H2. The van der Waals surface area contributed by atoms with E-state index in [9.17, 15) is 4.79 Å². The van der Waals surface area contributed by atoms with Crippen LogP contribution in [0.4, 0.5) is 0 Å². The van der Waals surface area contributed by atoms with E-state index in [-0.39, 0.29) is 11.9 Å². The summed E-state index contributed by atoms with van der Waals surface area (Å²) in [5.41, 5.74) is 3.40. The molecule has 0 aromatic heterocycles. The van der Waals surface area contributed by atoms with Crippen molar-refractivity contribution < 1.29 is 4.79 Å². The van der Waals surface area contributed by atoms with E-state index in [0.717, 1.165) is 35.3 Å². The minimum atomic E-state index is 0.139. The van der Waals surface area contributed by atoms with E-state index in [1.807, 2.05) is 29.2 Å². The molecule has 3 aromatic carbocycles. The van der Waals surface area contributed by atoms with Crippen LogP contribution in [-0.4, -0.2) is 41.9 Å². The molecule has 4 heteroatoms. The fourth-order valence-electron chi connectivity index (χ4n) is 3.87. The second-order valence-electron chi connectivity index (χ2n) is 7.03. The highest BCUT2D eigenvalue weighted by Gasteiger charge is 2.28. The monoisotopic (exact) mass is 482 g/mol. The minimum absolute atomic E-state index is 0.139. The highest BCUT2D eigenvalue weighted by atomic mass is 127.